The zero-order valence-corrected chi connectivity index (χ0v) is 13.2. The first-order valence-corrected chi connectivity index (χ1v) is 7.94. The third-order valence-electron chi connectivity index (χ3n) is 4.57. The number of nitrogens with zero attached hydrogens (tertiary/aromatic N) is 4. The van der Waals surface area contributed by atoms with Crippen molar-refractivity contribution in [1.29, 1.82) is 0 Å². The monoisotopic (exact) mass is 305 g/mol. The number of fused-ring (bicyclic) bond motifs is 1. The van der Waals surface area contributed by atoms with Gasteiger partial charge in [-0.05, 0) is 12.8 Å². The summed E-state index contributed by atoms with van der Waals surface area (Å²) in [7, 11) is 3.29. The summed E-state index contributed by atoms with van der Waals surface area (Å²) in [6.07, 6.45) is 7.88. The van der Waals surface area contributed by atoms with E-state index in [1.807, 2.05) is 0 Å². The Labute approximate surface area is 128 Å². The standard InChI is InChI=1S/C15H23N5O2/c1-18-10-17-13-12(18)14(21)19(2)15(22)20(13)9-8-16-11-6-4-3-5-7-11/h10-11,16H,3-9H2,1-2H3. The fraction of sp³-hybridized carbons (Fsp3) is 0.667. The molecule has 0 bridgehead atoms. The minimum absolute atomic E-state index is 0.295. The first kappa shape index (κ1) is 15.0. The van der Waals surface area contributed by atoms with Crippen LogP contribution in [0.3, 0.4) is 0 Å². The lowest BCUT2D eigenvalue weighted by atomic mass is 9.95. The van der Waals surface area contributed by atoms with Crippen LogP contribution in [0.15, 0.2) is 15.9 Å². The molecule has 2 aromatic heterocycles. The quantitative estimate of drug-likeness (QED) is 0.885. The summed E-state index contributed by atoms with van der Waals surface area (Å²) in [5, 5.41) is 3.52. The van der Waals surface area contributed by atoms with Crippen molar-refractivity contribution in [2.24, 2.45) is 14.1 Å². The van der Waals surface area contributed by atoms with Crippen molar-refractivity contribution in [3.05, 3.63) is 27.2 Å². The van der Waals surface area contributed by atoms with Crippen LogP contribution in [-0.4, -0.2) is 31.3 Å². The minimum atomic E-state index is -0.304. The summed E-state index contributed by atoms with van der Waals surface area (Å²) in [5.41, 5.74) is 0.346. The molecule has 0 radical (unpaired) electrons. The Kier molecular flexibility index (Phi) is 4.15. The maximum Gasteiger partial charge on any atom is 0.332 e. The molecule has 1 fully saturated rings. The second-order valence-corrected chi connectivity index (χ2v) is 6.12. The van der Waals surface area contributed by atoms with Gasteiger partial charge >= 0.3 is 5.69 Å². The number of hydrogen-bond acceptors (Lipinski definition) is 4. The Morgan fingerprint density at radius 1 is 1.23 bits per heavy atom. The zero-order valence-electron chi connectivity index (χ0n) is 13.2. The highest BCUT2D eigenvalue weighted by Crippen LogP contribution is 2.17. The molecule has 1 saturated carbocycles. The van der Waals surface area contributed by atoms with E-state index in [9.17, 15) is 9.59 Å². The Morgan fingerprint density at radius 2 is 1.95 bits per heavy atom. The summed E-state index contributed by atoms with van der Waals surface area (Å²) in [5.74, 6) is 0. The van der Waals surface area contributed by atoms with Crippen molar-refractivity contribution < 1.29 is 0 Å². The van der Waals surface area contributed by atoms with Gasteiger partial charge in [0, 0.05) is 33.2 Å². The van der Waals surface area contributed by atoms with Gasteiger partial charge in [-0.2, -0.15) is 0 Å². The highest BCUT2D eigenvalue weighted by atomic mass is 16.2. The zero-order chi connectivity index (χ0) is 15.7. The van der Waals surface area contributed by atoms with Crippen LogP contribution in [0.1, 0.15) is 32.1 Å². The third-order valence-corrected chi connectivity index (χ3v) is 4.57. The molecule has 1 aliphatic carbocycles. The molecule has 7 nitrogen and oxygen atoms in total. The molecule has 2 aromatic rings. The van der Waals surface area contributed by atoms with E-state index in [0.29, 0.717) is 30.3 Å². The third kappa shape index (κ3) is 2.61. The van der Waals surface area contributed by atoms with Gasteiger partial charge in [-0.15, -0.1) is 0 Å². The number of hydrogen-bond donors (Lipinski definition) is 1. The molecule has 1 N–H and O–H groups in total. The SMILES string of the molecule is Cn1c(=O)c2c(ncn2C)n(CCNC2CCCCC2)c1=O. The summed E-state index contributed by atoms with van der Waals surface area (Å²) in [4.78, 5) is 28.8. The van der Waals surface area contributed by atoms with Gasteiger partial charge in [0.25, 0.3) is 5.56 Å². The smallest absolute Gasteiger partial charge is 0.328 e. The van der Waals surface area contributed by atoms with Crippen molar-refractivity contribution in [2.45, 2.75) is 44.7 Å². The molecule has 3 rings (SSSR count). The molecule has 120 valence electrons. The Balaban J connectivity index is 1.84. The first-order valence-electron chi connectivity index (χ1n) is 7.94. The normalized spacial score (nSPS) is 16.5. The number of nitrogens with one attached hydrogen (secondary N) is 1. The molecule has 0 aromatic carbocycles. The van der Waals surface area contributed by atoms with Crippen LogP contribution < -0.4 is 16.6 Å². The van der Waals surface area contributed by atoms with Gasteiger partial charge in [0.15, 0.2) is 11.2 Å². The molecule has 0 unspecified atom stereocenters. The van der Waals surface area contributed by atoms with Crippen molar-refractivity contribution in [1.82, 2.24) is 24.0 Å². The van der Waals surface area contributed by atoms with Gasteiger partial charge in [-0.3, -0.25) is 13.9 Å². The van der Waals surface area contributed by atoms with Crippen LogP contribution in [0.5, 0.6) is 0 Å². The van der Waals surface area contributed by atoms with E-state index in [0.717, 1.165) is 4.57 Å². The van der Waals surface area contributed by atoms with Crippen molar-refractivity contribution in [3.63, 3.8) is 0 Å². The fourth-order valence-electron chi connectivity index (χ4n) is 3.27. The van der Waals surface area contributed by atoms with E-state index in [2.05, 4.69) is 10.3 Å². The van der Waals surface area contributed by atoms with E-state index in [1.165, 1.54) is 39.2 Å². The highest BCUT2D eigenvalue weighted by Gasteiger charge is 2.16. The van der Waals surface area contributed by atoms with Crippen LogP contribution in [0, 0.1) is 0 Å². The lowest BCUT2D eigenvalue weighted by Crippen LogP contribution is -2.41. The van der Waals surface area contributed by atoms with Gasteiger partial charge in [0.2, 0.25) is 0 Å². The average molecular weight is 305 g/mol. The fourth-order valence-corrected chi connectivity index (χ4v) is 3.27. The predicted molar refractivity (Wildman–Crippen MR) is 85.1 cm³/mol. The average Bonchev–Trinajstić information content (AvgIpc) is 2.91. The number of aryl methyl sites for hydroxylation is 1. The molecule has 0 atom stereocenters. The Morgan fingerprint density at radius 3 is 2.68 bits per heavy atom. The lowest BCUT2D eigenvalue weighted by molar-refractivity contribution is 0.367. The molecule has 0 amide bonds. The molecule has 22 heavy (non-hydrogen) atoms. The maximum absolute atomic E-state index is 12.3. The van der Waals surface area contributed by atoms with Gasteiger partial charge in [0.1, 0.15) is 0 Å². The molecule has 1 aliphatic rings. The lowest BCUT2D eigenvalue weighted by Gasteiger charge is -2.23. The Bertz CT molecular complexity index is 780. The number of aromatic nitrogens is 4. The molecular weight excluding hydrogens is 282 g/mol. The first-order chi connectivity index (χ1) is 10.6. The maximum atomic E-state index is 12.3. The van der Waals surface area contributed by atoms with Gasteiger partial charge in [-0.25, -0.2) is 9.78 Å². The van der Waals surface area contributed by atoms with Gasteiger partial charge < -0.3 is 9.88 Å². The molecule has 7 heteroatoms. The number of rotatable bonds is 4. The molecule has 0 aliphatic heterocycles. The van der Waals surface area contributed by atoms with E-state index in [1.54, 1.807) is 22.5 Å². The highest BCUT2D eigenvalue weighted by molar-refractivity contribution is 5.69. The van der Waals surface area contributed by atoms with Crippen molar-refractivity contribution >= 4 is 11.2 Å². The molecule has 0 spiro atoms. The summed E-state index contributed by atoms with van der Waals surface area (Å²) >= 11 is 0. The second-order valence-electron chi connectivity index (χ2n) is 6.12. The van der Waals surface area contributed by atoms with Crippen LogP contribution in [0.2, 0.25) is 0 Å². The largest absolute Gasteiger partial charge is 0.332 e. The minimum Gasteiger partial charge on any atom is -0.328 e. The van der Waals surface area contributed by atoms with Crippen LogP contribution in [0.4, 0.5) is 0 Å². The molecule has 0 saturated heterocycles. The van der Waals surface area contributed by atoms with Gasteiger partial charge in [-0.1, -0.05) is 19.3 Å². The van der Waals surface area contributed by atoms with Gasteiger partial charge in [0.05, 0.1) is 6.33 Å². The summed E-state index contributed by atoms with van der Waals surface area (Å²) in [6.45, 7) is 1.24. The topological polar surface area (TPSA) is 73.8 Å². The predicted octanol–water partition coefficient (Wildman–Crippen LogP) is 0.356. The van der Waals surface area contributed by atoms with Crippen molar-refractivity contribution in [3.8, 4) is 0 Å². The van der Waals surface area contributed by atoms with Crippen molar-refractivity contribution in [2.75, 3.05) is 6.54 Å². The van der Waals surface area contributed by atoms with E-state index in [-0.39, 0.29) is 11.2 Å². The number of imidazole rings is 1. The van der Waals surface area contributed by atoms with Crippen LogP contribution in [0.25, 0.3) is 11.2 Å². The summed E-state index contributed by atoms with van der Waals surface area (Å²) in [6, 6.07) is 0.552. The summed E-state index contributed by atoms with van der Waals surface area (Å²) < 4.78 is 4.42. The second kappa shape index (κ2) is 6.08. The van der Waals surface area contributed by atoms with E-state index < -0.39 is 0 Å². The van der Waals surface area contributed by atoms with Crippen LogP contribution in [-0.2, 0) is 20.6 Å². The Hall–Kier alpha value is -1.89. The molecular formula is C15H23N5O2. The molecule has 2 heterocycles. The van der Waals surface area contributed by atoms with Crippen LogP contribution >= 0.6 is 0 Å². The van der Waals surface area contributed by atoms with E-state index in [4.69, 9.17) is 0 Å². The van der Waals surface area contributed by atoms with E-state index >= 15 is 0 Å².